The van der Waals surface area contributed by atoms with E-state index in [9.17, 15) is 19.5 Å². The molecule has 2 atom stereocenters. The van der Waals surface area contributed by atoms with Crippen molar-refractivity contribution < 1.29 is 19.5 Å². The van der Waals surface area contributed by atoms with E-state index in [1.165, 1.54) is 0 Å². The summed E-state index contributed by atoms with van der Waals surface area (Å²) in [5, 5.41) is 10.5. The van der Waals surface area contributed by atoms with Crippen LogP contribution in [0.1, 0.15) is 61.6 Å². The number of hydrogen-bond donors (Lipinski definition) is 1. The Balaban J connectivity index is 1.69. The number of benzene rings is 2. The van der Waals surface area contributed by atoms with E-state index in [-0.39, 0.29) is 30.2 Å². The van der Waals surface area contributed by atoms with Gasteiger partial charge in [-0.15, -0.1) is 0 Å². The second-order valence-electron chi connectivity index (χ2n) is 10.2. The Morgan fingerprint density at radius 2 is 1.72 bits per heavy atom. The summed E-state index contributed by atoms with van der Waals surface area (Å²) in [6, 6.07) is 13.3. The summed E-state index contributed by atoms with van der Waals surface area (Å²) in [5.74, 6) is -1.83. The Bertz CT molecular complexity index is 1140. The van der Waals surface area contributed by atoms with E-state index in [0.29, 0.717) is 48.9 Å². The number of rotatable bonds is 6. The van der Waals surface area contributed by atoms with Gasteiger partial charge in [-0.25, -0.2) is 0 Å². The number of carboxylic acid groups (broad SMARTS) is 1. The summed E-state index contributed by atoms with van der Waals surface area (Å²) in [6.45, 7) is 5.20. The van der Waals surface area contributed by atoms with Gasteiger partial charge in [-0.05, 0) is 60.1 Å². The zero-order chi connectivity index (χ0) is 26.0. The van der Waals surface area contributed by atoms with Crippen LogP contribution < -0.4 is 0 Å². The molecular weight excluding hydrogens is 499 g/mol. The van der Waals surface area contributed by atoms with Gasteiger partial charge in [0, 0.05) is 35.6 Å². The van der Waals surface area contributed by atoms with E-state index >= 15 is 0 Å². The van der Waals surface area contributed by atoms with Crippen LogP contribution in [0.4, 0.5) is 0 Å². The molecule has 0 radical (unpaired) electrons. The van der Waals surface area contributed by atoms with Gasteiger partial charge in [0.15, 0.2) is 0 Å². The molecule has 0 saturated carbocycles. The van der Waals surface area contributed by atoms with Crippen molar-refractivity contribution >= 4 is 41.0 Å². The number of carbonyl (C=O) groups is 3. The van der Waals surface area contributed by atoms with E-state index < -0.39 is 17.8 Å². The lowest BCUT2D eigenvalue weighted by atomic mass is 9.82. The number of piperidine rings is 1. The monoisotopic (exact) mass is 530 g/mol. The fraction of sp³-hybridized carbons (Fsp3) is 0.464. The summed E-state index contributed by atoms with van der Waals surface area (Å²) in [7, 11) is 0. The average molecular weight is 531 g/mol. The van der Waals surface area contributed by atoms with Crippen molar-refractivity contribution in [3.8, 4) is 0 Å². The third-order valence-electron chi connectivity index (χ3n) is 7.32. The smallest absolute Gasteiger partial charge is 0.306 e. The molecule has 2 unspecified atom stereocenters. The minimum absolute atomic E-state index is 0.0478. The van der Waals surface area contributed by atoms with Gasteiger partial charge in [-0.1, -0.05) is 61.3 Å². The van der Waals surface area contributed by atoms with E-state index in [4.69, 9.17) is 23.2 Å². The van der Waals surface area contributed by atoms with Crippen molar-refractivity contribution in [3.63, 3.8) is 0 Å². The van der Waals surface area contributed by atoms with Gasteiger partial charge in [0.1, 0.15) is 0 Å². The van der Waals surface area contributed by atoms with Gasteiger partial charge in [0.25, 0.3) is 0 Å². The maximum Gasteiger partial charge on any atom is 0.306 e. The molecule has 1 saturated heterocycles. The van der Waals surface area contributed by atoms with Crippen molar-refractivity contribution in [2.75, 3.05) is 26.2 Å². The number of carboxylic acids is 1. The van der Waals surface area contributed by atoms with Gasteiger partial charge in [0.05, 0.1) is 18.4 Å². The molecule has 6 nitrogen and oxygen atoms in total. The fourth-order valence-electron chi connectivity index (χ4n) is 5.43. The number of likely N-dealkylation sites (tertiary alicyclic amines) is 1. The highest BCUT2D eigenvalue weighted by Gasteiger charge is 2.38. The fourth-order valence-corrected chi connectivity index (χ4v) is 5.88. The highest BCUT2D eigenvalue weighted by atomic mass is 35.5. The molecule has 2 aliphatic rings. The minimum atomic E-state index is -0.819. The SMILES string of the molecule is CC(C)CC1C(=O)N(CC(=O)N2CCC(C(=O)O)CC2)CC(c2ccccc2Cl)c2cc(Cl)ccc21. The third-order valence-corrected chi connectivity index (χ3v) is 7.90. The molecule has 0 bridgehead atoms. The Morgan fingerprint density at radius 1 is 1.03 bits per heavy atom. The van der Waals surface area contributed by atoms with Crippen LogP contribution in [0.15, 0.2) is 42.5 Å². The van der Waals surface area contributed by atoms with E-state index in [1.807, 2.05) is 42.5 Å². The van der Waals surface area contributed by atoms with Gasteiger partial charge in [0.2, 0.25) is 11.8 Å². The summed E-state index contributed by atoms with van der Waals surface area (Å²) < 4.78 is 0. The minimum Gasteiger partial charge on any atom is -0.481 e. The Hall–Kier alpha value is -2.57. The molecule has 2 aromatic carbocycles. The highest BCUT2D eigenvalue weighted by Crippen LogP contribution is 2.41. The van der Waals surface area contributed by atoms with Crippen molar-refractivity contribution in [2.45, 2.75) is 44.9 Å². The molecule has 1 N–H and O–H groups in total. The number of carbonyl (C=O) groups excluding carboxylic acids is 2. The highest BCUT2D eigenvalue weighted by molar-refractivity contribution is 6.31. The molecule has 1 fully saturated rings. The molecular formula is C28H32Cl2N2O4. The second-order valence-corrected chi connectivity index (χ2v) is 11.1. The van der Waals surface area contributed by atoms with Crippen LogP contribution in [0.2, 0.25) is 10.0 Å². The second kappa shape index (κ2) is 11.2. The first-order valence-corrected chi connectivity index (χ1v) is 13.2. The van der Waals surface area contributed by atoms with Crippen LogP contribution in [0.25, 0.3) is 0 Å². The Morgan fingerprint density at radius 3 is 2.36 bits per heavy atom. The molecule has 4 rings (SSSR count). The standard InChI is InChI=1S/C28H32Cl2N2O4/c1-17(2)13-23-20-8-7-19(29)14-22(20)24(21-5-3-4-6-25(21)30)15-32(27(23)34)16-26(33)31-11-9-18(10-12-31)28(35)36/h3-8,14,17-18,23-24H,9-13,15-16H2,1-2H3,(H,35,36). The van der Waals surface area contributed by atoms with Gasteiger partial charge in [-0.2, -0.15) is 0 Å². The Kier molecular flexibility index (Phi) is 8.26. The summed E-state index contributed by atoms with van der Waals surface area (Å²) in [5.41, 5.74) is 2.78. The van der Waals surface area contributed by atoms with Crippen molar-refractivity contribution in [1.29, 1.82) is 0 Å². The lowest BCUT2D eigenvalue weighted by Gasteiger charge is -2.33. The maximum absolute atomic E-state index is 14.0. The summed E-state index contributed by atoms with van der Waals surface area (Å²) in [4.78, 5) is 41.9. The van der Waals surface area contributed by atoms with Crippen LogP contribution in [0, 0.1) is 11.8 Å². The predicted octanol–water partition coefficient (Wildman–Crippen LogP) is 5.42. The topological polar surface area (TPSA) is 77.9 Å². The predicted molar refractivity (Wildman–Crippen MR) is 140 cm³/mol. The van der Waals surface area contributed by atoms with E-state index in [2.05, 4.69) is 13.8 Å². The van der Waals surface area contributed by atoms with Crippen LogP contribution in [-0.2, 0) is 14.4 Å². The molecule has 2 amide bonds. The molecule has 0 aliphatic carbocycles. The molecule has 8 heteroatoms. The summed E-state index contributed by atoms with van der Waals surface area (Å²) in [6.07, 6.45) is 1.51. The van der Waals surface area contributed by atoms with Crippen LogP contribution in [0.3, 0.4) is 0 Å². The molecule has 0 spiro atoms. The first-order valence-electron chi connectivity index (χ1n) is 12.5. The quantitative estimate of drug-likeness (QED) is 0.540. The number of halogens is 2. The lowest BCUT2D eigenvalue weighted by molar-refractivity contribution is -0.147. The molecule has 2 aliphatic heterocycles. The number of nitrogens with zero attached hydrogens (tertiary/aromatic N) is 2. The largest absolute Gasteiger partial charge is 0.481 e. The molecule has 2 heterocycles. The number of amides is 2. The van der Waals surface area contributed by atoms with Crippen LogP contribution in [-0.4, -0.2) is 58.9 Å². The first kappa shape index (κ1) is 26.5. The van der Waals surface area contributed by atoms with Crippen molar-refractivity contribution in [1.82, 2.24) is 9.80 Å². The molecule has 192 valence electrons. The lowest BCUT2D eigenvalue weighted by Crippen LogP contribution is -2.47. The van der Waals surface area contributed by atoms with Gasteiger partial charge < -0.3 is 14.9 Å². The Labute approximate surface area is 222 Å². The molecule has 2 aromatic rings. The van der Waals surface area contributed by atoms with Gasteiger partial charge >= 0.3 is 5.97 Å². The maximum atomic E-state index is 14.0. The van der Waals surface area contributed by atoms with Crippen LogP contribution >= 0.6 is 23.2 Å². The zero-order valence-corrected chi connectivity index (χ0v) is 22.1. The van der Waals surface area contributed by atoms with Crippen molar-refractivity contribution in [3.05, 3.63) is 69.2 Å². The van der Waals surface area contributed by atoms with Crippen molar-refractivity contribution in [2.24, 2.45) is 11.8 Å². The number of hydrogen-bond acceptors (Lipinski definition) is 3. The normalized spacial score (nSPS) is 20.9. The van der Waals surface area contributed by atoms with E-state index in [0.717, 1.165) is 16.7 Å². The first-order chi connectivity index (χ1) is 17.2. The number of aliphatic carboxylic acids is 1. The average Bonchev–Trinajstić information content (AvgIpc) is 2.94. The molecule has 0 aromatic heterocycles. The van der Waals surface area contributed by atoms with E-state index in [1.54, 1.807) is 9.80 Å². The summed E-state index contributed by atoms with van der Waals surface area (Å²) >= 11 is 13.1. The zero-order valence-electron chi connectivity index (χ0n) is 20.6. The molecule has 36 heavy (non-hydrogen) atoms. The third kappa shape index (κ3) is 5.70. The van der Waals surface area contributed by atoms with Gasteiger partial charge in [-0.3, -0.25) is 14.4 Å². The number of fused-ring (bicyclic) bond motifs is 1. The van der Waals surface area contributed by atoms with Crippen LogP contribution in [0.5, 0.6) is 0 Å².